The van der Waals surface area contributed by atoms with Crippen LogP contribution < -0.4 is 10.6 Å². The van der Waals surface area contributed by atoms with E-state index in [0.717, 1.165) is 0 Å². The topological polar surface area (TPSA) is 136 Å². The molecule has 0 fully saturated rings. The Balaban J connectivity index is 2.03. The van der Waals surface area contributed by atoms with Crippen LogP contribution in [0.2, 0.25) is 0 Å². The normalized spacial score (nSPS) is 10.5. The molecule has 2 amide bonds. The summed E-state index contributed by atoms with van der Waals surface area (Å²) in [6, 6.07) is 7.30. The summed E-state index contributed by atoms with van der Waals surface area (Å²) in [6.45, 7) is 1.16. The number of carbonyl (C=O) groups is 3. The average molecular weight is 644 g/mol. The van der Waals surface area contributed by atoms with Crippen molar-refractivity contribution in [2.24, 2.45) is 0 Å². The van der Waals surface area contributed by atoms with E-state index in [0.29, 0.717) is 13.4 Å². The van der Waals surface area contributed by atoms with E-state index >= 15 is 0 Å². The molecule has 0 aliphatic carbocycles. The number of nitrogens with zero attached hydrogens (tertiary/aromatic N) is 3. The lowest BCUT2D eigenvalue weighted by molar-refractivity contribution is -0.384. The molecule has 2 aromatic heterocycles. The van der Waals surface area contributed by atoms with Gasteiger partial charge in [-0.25, -0.2) is 4.98 Å². The van der Waals surface area contributed by atoms with Crippen LogP contribution in [0.4, 0.5) is 11.4 Å². The third-order valence-corrected chi connectivity index (χ3v) is 5.76. The Kier molecular flexibility index (Phi) is 7.76. The number of anilines is 1. The summed E-state index contributed by atoms with van der Waals surface area (Å²) in [6.07, 6.45) is 2.85. The van der Waals surface area contributed by atoms with E-state index in [2.05, 4.69) is 63.4 Å². The van der Waals surface area contributed by atoms with Gasteiger partial charge in [0.2, 0.25) is 5.82 Å². The minimum atomic E-state index is -0.649. The van der Waals surface area contributed by atoms with Crippen molar-refractivity contribution in [3.05, 3.63) is 77.5 Å². The van der Waals surface area contributed by atoms with Crippen LogP contribution in [0.5, 0.6) is 0 Å². The zero-order valence-corrected chi connectivity index (χ0v) is 21.5. The Morgan fingerprint density at radius 3 is 2.52 bits per heavy atom. The highest BCUT2D eigenvalue weighted by atomic mass is 79.9. The standard InChI is InChI=1S/C20H14Br3N5O5/c1-10(29)8-25-19(30)13-5-11(21)6-14(23)17(13)26-20(31)16-7-12(22)9-27(16)18-15(28(32)33)3-2-4-24-18/h2-7,9H,8H2,1H3,(H,25,30)(H,26,31). The number of amides is 2. The van der Waals surface area contributed by atoms with Gasteiger partial charge >= 0.3 is 5.69 Å². The van der Waals surface area contributed by atoms with Crippen molar-refractivity contribution in [1.29, 1.82) is 0 Å². The molecule has 0 aliphatic rings. The fourth-order valence-electron chi connectivity index (χ4n) is 2.85. The van der Waals surface area contributed by atoms with E-state index in [1.54, 1.807) is 6.07 Å². The number of carbonyl (C=O) groups excluding carboxylic acids is 3. The van der Waals surface area contributed by atoms with Gasteiger partial charge in [0.05, 0.1) is 22.7 Å². The van der Waals surface area contributed by atoms with Gasteiger partial charge in [-0.3, -0.25) is 29.1 Å². The first-order valence-corrected chi connectivity index (χ1v) is 11.5. The van der Waals surface area contributed by atoms with Crippen molar-refractivity contribution in [3.8, 4) is 5.82 Å². The maximum absolute atomic E-state index is 13.2. The van der Waals surface area contributed by atoms with Gasteiger partial charge in [-0.05, 0) is 63.0 Å². The smallest absolute Gasteiger partial charge is 0.312 e. The number of pyridine rings is 1. The Labute approximate surface area is 212 Å². The summed E-state index contributed by atoms with van der Waals surface area (Å²) >= 11 is 9.92. The zero-order valence-electron chi connectivity index (χ0n) is 16.8. The number of aromatic nitrogens is 2. The Hall–Kier alpha value is -2.90. The largest absolute Gasteiger partial charge is 0.345 e. The first-order valence-electron chi connectivity index (χ1n) is 9.14. The molecule has 0 atom stereocenters. The number of halogens is 3. The summed E-state index contributed by atoms with van der Waals surface area (Å²) in [5, 5.41) is 16.6. The predicted molar refractivity (Wildman–Crippen MR) is 131 cm³/mol. The van der Waals surface area contributed by atoms with Crippen LogP contribution >= 0.6 is 47.8 Å². The molecule has 0 spiro atoms. The van der Waals surface area contributed by atoms with Crippen molar-refractivity contribution < 1.29 is 19.3 Å². The predicted octanol–water partition coefficient (Wildman–Crippen LogP) is 4.64. The number of ketones is 1. The highest BCUT2D eigenvalue weighted by Gasteiger charge is 2.24. The molecule has 2 heterocycles. The van der Waals surface area contributed by atoms with Crippen molar-refractivity contribution in [1.82, 2.24) is 14.9 Å². The maximum Gasteiger partial charge on any atom is 0.312 e. The van der Waals surface area contributed by atoms with Gasteiger partial charge in [0.1, 0.15) is 11.5 Å². The van der Waals surface area contributed by atoms with Crippen LogP contribution in [0.15, 0.2) is 56.1 Å². The van der Waals surface area contributed by atoms with Gasteiger partial charge in [-0.2, -0.15) is 0 Å². The van der Waals surface area contributed by atoms with Gasteiger partial charge in [0.25, 0.3) is 11.8 Å². The van der Waals surface area contributed by atoms with E-state index in [9.17, 15) is 24.5 Å². The number of nitrogens with one attached hydrogen (secondary N) is 2. The zero-order chi connectivity index (χ0) is 24.3. The number of rotatable bonds is 7. The SMILES string of the molecule is CC(=O)CNC(=O)c1cc(Br)cc(Br)c1NC(=O)c1cc(Br)cn1-c1ncccc1[N+](=O)[O-]. The first-order chi connectivity index (χ1) is 15.6. The van der Waals surface area contributed by atoms with Gasteiger partial charge in [0, 0.05) is 31.9 Å². The molecule has 2 N–H and O–H groups in total. The lowest BCUT2D eigenvalue weighted by Crippen LogP contribution is -2.29. The third kappa shape index (κ3) is 5.72. The van der Waals surface area contributed by atoms with Crippen molar-refractivity contribution in [3.63, 3.8) is 0 Å². The Morgan fingerprint density at radius 1 is 1.12 bits per heavy atom. The van der Waals surface area contributed by atoms with Crippen LogP contribution in [0.3, 0.4) is 0 Å². The van der Waals surface area contributed by atoms with E-state index in [1.807, 2.05) is 0 Å². The summed E-state index contributed by atoms with van der Waals surface area (Å²) in [5.74, 6) is -1.50. The van der Waals surface area contributed by atoms with E-state index < -0.39 is 16.7 Å². The third-order valence-electron chi connectivity index (χ3n) is 4.25. The Morgan fingerprint density at radius 2 is 1.85 bits per heavy atom. The highest BCUT2D eigenvalue weighted by molar-refractivity contribution is 9.11. The molecule has 170 valence electrons. The summed E-state index contributed by atoms with van der Waals surface area (Å²) in [4.78, 5) is 52.0. The molecule has 0 aliphatic heterocycles. The maximum atomic E-state index is 13.2. The van der Waals surface area contributed by atoms with Crippen molar-refractivity contribution in [2.45, 2.75) is 6.92 Å². The molecule has 0 saturated carbocycles. The van der Waals surface area contributed by atoms with Crippen LogP contribution in [0, 0.1) is 10.1 Å². The summed E-state index contributed by atoms with van der Waals surface area (Å²) in [5.41, 5.74) is 0.00726. The van der Waals surface area contributed by atoms with Crippen LogP contribution in [-0.2, 0) is 4.79 Å². The fraction of sp³-hybridized carbons (Fsp3) is 0.100. The summed E-state index contributed by atoms with van der Waals surface area (Å²) in [7, 11) is 0. The Bertz CT molecular complexity index is 1290. The lowest BCUT2D eigenvalue weighted by atomic mass is 10.1. The van der Waals surface area contributed by atoms with Crippen LogP contribution in [-0.4, -0.2) is 38.6 Å². The van der Waals surface area contributed by atoms with E-state index in [-0.39, 0.29) is 40.8 Å². The second-order valence-corrected chi connectivity index (χ2v) is 9.35. The number of nitro groups is 1. The molecule has 3 rings (SSSR count). The molecule has 0 bridgehead atoms. The van der Waals surface area contributed by atoms with E-state index in [1.165, 1.54) is 48.1 Å². The molecule has 1 aromatic carbocycles. The summed E-state index contributed by atoms with van der Waals surface area (Å²) < 4.78 is 2.73. The second-order valence-electron chi connectivity index (χ2n) is 6.67. The second kappa shape index (κ2) is 10.4. The number of benzene rings is 1. The first kappa shape index (κ1) is 24.7. The number of hydrogen-bond acceptors (Lipinski definition) is 6. The molecule has 0 saturated heterocycles. The van der Waals surface area contributed by atoms with Gasteiger partial charge in [0.15, 0.2) is 0 Å². The van der Waals surface area contributed by atoms with Gasteiger partial charge in [-0.15, -0.1) is 0 Å². The average Bonchev–Trinajstić information content (AvgIpc) is 3.15. The molecule has 0 radical (unpaired) electrons. The molecule has 13 heteroatoms. The molecular formula is C20H14Br3N5O5. The van der Waals surface area contributed by atoms with Crippen molar-refractivity contribution in [2.75, 3.05) is 11.9 Å². The lowest BCUT2D eigenvalue weighted by Gasteiger charge is -2.15. The fourth-order valence-corrected chi connectivity index (χ4v) is 4.60. The number of Topliss-reactive ketones (excluding diaryl/α,β-unsaturated/α-hetero) is 1. The molecule has 33 heavy (non-hydrogen) atoms. The van der Waals surface area contributed by atoms with Crippen LogP contribution in [0.25, 0.3) is 5.82 Å². The minimum Gasteiger partial charge on any atom is -0.345 e. The quantitative estimate of drug-likeness (QED) is 0.284. The monoisotopic (exact) mass is 641 g/mol. The number of hydrogen-bond donors (Lipinski definition) is 2. The van der Waals surface area contributed by atoms with Crippen LogP contribution in [0.1, 0.15) is 27.8 Å². The van der Waals surface area contributed by atoms with E-state index in [4.69, 9.17) is 0 Å². The van der Waals surface area contributed by atoms with Gasteiger partial charge < -0.3 is 10.6 Å². The molecule has 10 nitrogen and oxygen atoms in total. The van der Waals surface area contributed by atoms with Gasteiger partial charge in [-0.1, -0.05) is 15.9 Å². The van der Waals surface area contributed by atoms with Crippen molar-refractivity contribution >= 4 is 76.8 Å². The molecular weight excluding hydrogens is 630 g/mol. The molecule has 0 unspecified atom stereocenters. The molecule has 3 aromatic rings. The highest BCUT2D eigenvalue weighted by Crippen LogP contribution is 2.32. The minimum absolute atomic E-state index is 0.0357.